The van der Waals surface area contributed by atoms with E-state index in [0.29, 0.717) is 17.1 Å². The summed E-state index contributed by atoms with van der Waals surface area (Å²) in [5, 5.41) is 5.51. The second-order valence-electron chi connectivity index (χ2n) is 5.34. The lowest BCUT2D eigenvalue weighted by Gasteiger charge is -2.23. The van der Waals surface area contributed by atoms with E-state index < -0.39 is 6.10 Å². The molecule has 0 bridgehead atoms. The lowest BCUT2D eigenvalue weighted by Crippen LogP contribution is -2.34. The van der Waals surface area contributed by atoms with E-state index in [1.807, 2.05) is 24.3 Å². The molecule has 122 valence electrons. The molecule has 2 aromatic carbocycles. The standard InChI is InChI=1S/C18H15BrN2O3/c1-11-18(23)21-15-10-14(6-7-16(15)24-11)20-17(22)8-5-12-3-2-4-13(19)9-12/h2-11H,1H3,(H,20,22)(H,21,23)/b8-5+/t11-/m1/s1. The van der Waals surface area contributed by atoms with Crippen LogP contribution in [0.3, 0.4) is 0 Å². The van der Waals surface area contributed by atoms with E-state index in [0.717, 1.165) is 10.0 Å². The molecule has 0 unspecified atom stereocenters. The molecule has 0 aromatic heterocycles. The fraction of sp³-hybridized carbons (Fsp3) is 0.111. The number of nitrogens with one attached hydrogen (secondary N) is 2. The van der Waals surface area contributed by atoms with Crippen molar-refractivity contribution in [3.05, 3.63) is 58.6 Å². The van der Waals surface area contributed by atoms with E-state index in [4.69, 9.17) is 4.74 Å². The molecule has 2 N–H and O–H groups in total. The first-order chi connectivity index (χ1) is 11.5. The molecule has 6 heteroatoms. The molecule has 1 atom stereocenters. The van der Waals surface area contributed by atoms with Gasteiger partial charge in [0.15, 0.2) is 6.10 Å². The Hall–Kier alpha value is -2.60. The maximum absolute atomic E-state index is 12.0. The van der Waals surface area contributed by atoms with Crippen LogP contribution in [0, 0.1) is 0 Å². The molecule has 0 saturated heterocycles. The molecular formula is C18H15BrN2O3. The van der Waals surface area contributed by atoms with Crippen molar-refractivity contribution < 1.29 is 14.3 Å². The number of benzene rings is 2. The number of carbonyl (C=O) groups excluding carboxylic acids is 2. The summed E-state index contributed by atoms with van der Waals surface area (Å²) in [5.74, 6) is 0.122. The highest BCUT2D eigenvalue weighted by atomic mass is 79.9. The van der Waals surface area contributed by atoms with Crippen LogP contribution in [-0.4, -0.2) is 17.9 Å². The summed E-state index contributed by atoms with van der Waals surface area (Å²) >= 11 is 3.39. The van der Waals surface area contributed by atoms with Crippen LogP contribution >= 0.6 is 15.9 Å². The molecule has 1 aliphatic heterocycles. The zero-order valence-corrected chi connectivity index (χ0v) is 14.5. The third kappa shape index (κ3) is 3.83. The molecular weight excluding hydrogens is 372 g/mol. The normalized spacial score (nSPS) is 16.2. The predicted molar refractivity (Wildman–Crippen MR) is 97.0 cm³/mol. The van der Waals surface area contributed by atoms with Gasteiger partial charge in [-0.25, -0.2) is 0 Å². The van der Waals surface area contributed by atoms with Crippen molar-refractivity contribution in [1.82, 2.24) is 0 Å². The molecule has 0 radical (unpaired) electrons. The van der Waals surface area contributed by atoms with Gasteiger partial charge in [0.2, 0.25) is 5.91 Å². The van der Waals surface area contributed by atoms with Crippen molar-refractivity contribution >= 4 is 45.2 Å². The van der Waals surface area contributed by atoms with Crippen LogP contribution in [0.1, 0.15) is 12.5 Å². The summed E-state index contributed by atoms with van der Waals surface area (Å²) in [5.41, 5.74) is 2.04. The molecule has 0 saturated carbocycles. The van der Waals surface area contributed by atoms with E-state index in [2.05, 4.69) is 26.6 Å². The Bertz CT molecular complexity index is 833. The minimum atomic E-state index is -0.522. The first-order valence-electron chi connectivity index (χ1n) is 7.37. The smallest absolute Gasteiger partial charge is 0.265 e. The maximum Gasteiger partial charge on any atom is 0.265 e. The summed E-state index contributed by atoms with van der Waals surface area (Å²) in [6.45, 7) is 1.68. The molecule has 1 aliphatic rings. The summed E-state index contributed by atoms with van der Waals surface area (Å²) in [6.07, 6.45) is 2.66. The van der Waals surface area contributed by atoms with Crippen molar-refractivity contribution in [2.24, 2.45) is 0 Å². The third-order valence-electron chi connectivity index (χ3n) is 3.45. The maximum atomic E-state index is 12.0. The molecule has 2 aromatic rings. The first kappa shape index (κ1) is 16.3. The lowest BCUT2D eigenvalue weighted by molar-refractivity contribution is -0.122. The van der Waals surface area contributed by atoms with Gasteiger partial charge in [0.05, 0.1) is 5.69 Å². The van der Waals surface area contributed by atoms with Gasteiger partial charge in [0.25, 0.3) is 5.91 Å². The van der Waals surface area contributed by atoms with Gasteiger partial charge in [-0.15, -0.1) is 0 Å². The average molecular weight is 387 g/mol. The minimum absolute atomic E-state index is 0.208. The fourth-order valence-corrected chi connectivity index (χ4v) is 2.67. The zero-order valence-electron chi connectivity index (χ0n) is 12.9. The van der Waals surface area contributed by atoms with E-state index in [1.54, 1.807) is 31.2 Å². The van der Waals surface area contributed by atoms with Crippen molar-refractivity contribution in [1.29, 1.82) is 0 Å². The first-order valence-corrected chi connectivity index (χ1v) is 8.17. The second-order valence-corrected chi connectivity index (χ2v) is 6.25. The van der Waals surface area contributed by atoms with Gasteiger partial charge < -0.3 is 15.4 Å². The monoisotopic (exact) mass is 386 g/mol. The quantitative estimate of drug-likeness (QED) is 0.787. The molecule has 24 heavy (non-hydrogen) atoms. The van der Waals surface area contributed by atoms with Crippen molar-refractivity contribution in [2.75, 3.05) is 10.6 Å². The Morgan fingerprint density at radius 2 is 2.12 bits per heavy atom. The van der Waals surface area contributed by atoms with Gasteiger partial charge in [0, 0.05) is 16.2 Å². The number of halogens is 1. The van der Waals surface area contributed by atoms with Gasteiger partial charge >= 0.3 is 0 Å². The Balaban J connectivity index is 1.69. The number of amides is 2. The largest absolute Gasteiger partial charge is 0.479 e. The fourth-order valence-electron chi connectivity index (χ4n) is 2.25. The van der Waals surface area contributed by atoms with Gasteiger partial charge in [-0.3, -0.25) is 9.59 Å². The van der Waals surface area contributed by atoms with Gasteiger partial charge in [-0.1, -0.05) is 28.1 Å². The minimum Gasteiger partial charge on any atom is -0.479 e. The molecule has 0 fully saturated rings. The van der Waals surface area contributed by atoms with E-state index in [9.17, 15) is 9.59 Å². The number of ether oxygens (including phenoxy) is 1. The number of hydrogen-bond donors (Lipinski definition) is 2. The zero-order chi connectivity index (χ0) is 17.1. The van der Waals surface area contributed by atoms with Crippen LogP contribution in [0.5, 0.6) is 5.75 Å². The van der Waals surface area contributed by atoms with Gasteiger partial charge in [-0.2, -0.15) is 0 Å². The Morgan fingerprint density at radius 3 is 2.92 bits per heavy atom. The van der Waals surface area contributed by atoms with E-state index in [-0.39, 0.29) is 11.8 Å². The topological polar surface area (TPSA) is 67.4 Å². The van der Waals surface area contributed by atoms with E-state index in [1.165, 1.54) is 6.08 Å². The van der Waals surface area contributed by atoms with Crippen LogP contribution in [0.15, 0.2) is 53.0 Å². The van der Waals surface area contributed by atoms with Gasteiger partial charge in [0.1, 0.15) is 5.75 Å². The Labute approximate surface area is 147 Å². The van der Waals surface area contributed by atoms with Crippen molar-refractivity contribution in [3.8, 4) is 5.75 Å². The molecule has 1 heterocycles. The van der Waals surface area contributed by atoms with Gasteiger partial charge in [-0.05, 0) is 48.9 Å². The number of fused-ring (bicyclic) bond motifs is 1. The van der Waals surface area contributed by atoms with E-state index >= 15 is 0 Å². The molecule has 0 spiro atoms. The SMILES string of the molecule is C[C@H]1Oc2ccc(NC(=O)/C=C/c3cccc(Br)c3)cc2NC1=O. The number of carbonyl (C=O) groups is 2. The Kier molecular flexibility index (Phi) is 4.66. The third-order valence-corrected chi connectivity index (χ3v) is 3.95. The highest BCUT2D eigenvalue weighted by Crippen LogP contribution is 2.32. The van der Waals surface area contributed by atoms with Crippen LogP contribution in [0.4, 0.5) is 11.4 Å². The molecule has 3 rings (SSSR count). The van der Waals surface area contributed by atoms with Crippen LogP contribution in [-0.2, 0) is 9.59 Å². The average Bonchev–Trinajstić information content (AvgIpc) is 2.54. The second kappa shape index (κ2) is 6.88. The summed E-state index contributed by atoms with van der Waals surface area (Å²) in [4.78, 5) is 23.7. The summed E-state index contributed by atoms with van der Waals surface area (Å²) < 4.78 is 6.43. The molecule has 0 aliphatic carbocycles. The number of anilines is 2. The van der Waals surface area contributed by atoms with Crippen molar-refractivity contribution in [3.63, 3.8) is 0 Å². The predicted octanol–water partition coefficient (Wildman–Crippen LogP) is 3.82. The highest BCUT2D eigenvalue weighted by Gasteiger charge is 2.23. The molecule has 2 amide bonds. The lowest BCUT2D eigenvalue weighted by atomic mass is 10.2. The summed E-state index contributed by atoms with van der Waals surface area (Å²) in [6, 6.07) is 12.8. The van der Waals surface area contributed by atoms with Crippen LogP contribution in [0.2, 0.25) is 0 Å². The highest BCUT2D eigenvalue weighted by molar-refractivity contribution is 9.10. The number of rotatable bonds is 3. The van der Waals surface area contributed by atoms with Crippen molar-refractivity contribution in [2.45, 2.75) is 13.0 Å². The number of hydrogen-bond acceptors (Lipinski definition) is 3. The summed E-state index contributed by atoms with van der Waals surface area (Å²) in [7, 11) is 0. The van der Waals surface area contributed by atoms with Crippen LogP contribution in [0.25, 0.3) is 6.08 Å². The van der Waals surface area contributed by atoms with Crippen LogP contribution < -0.4 is 15.4 Å². The Morgan fingerprint density at radius 1 is 1.29 bits per heavy atom. The molecule has 5 nitrogen and oxygen atoms in total.